The molecule has 0 unspecified atom stereocenters. The lowest BCUT2D eigenvalue weighted by Gasteiger charge is -2.39. The number of alkyl halides is 3. The lowest BCUT2D eigenvalue weighted by Crippen LogP contribution is -2.47. The van der Waals surface area contributed by atoms with E-state index in [9.17, 15) is 44.9 Å². The van der Waals surface area contributed by atoms with Crippen molar-refractivity contribution >= 4 is 70.9 Å². The van der Waals surface area contributed by atoms with Crippen molar-refractivity contribution in [1.29, 1.82) is 0 Å². The first-order valence-corrected chi connectivity index (χ1v) is 26.1. The Balaban J connectivity index is 0.996. The van der Waals surface area contributed by atoms with Crippen LogP contribution in [0.25, 0.3) is 16.6 Å². The molecule has 22 heteroatoms. The summed E-state index contributed by atoms with van der Waals surface area (Å²) in [5.74, 6) is -1.50. The number of ketones is 1. The summed E-state index contributed by atoms with van der Waals surface area (Å²) in [6, 6.07) is 15.2. The molecular formula is C47H51ClF3N7O9S2. The number of morpholine rings is 1. The fourth-order valence-corrected chi connectivity index (χ4v) is 11.3. The first kappa shape index (κ1) is 49.8. The smallest absolute Gasteiger partial charge is 0.416 e. The number of halogens is 4. The van der Waals surface area contributed by atoms with Crippen LogP contribution >= 0.6 is 11.6 Å². The number of pyridine rings is 1. The number of allylic oxidation sites excluding steroid dienone is 1. The number of hydrogen-bond acceptors (Lipinski definition) is 13. The van der Waals surface area contributed by atoms with Crippen LogP contribution in [-0.2, 0) is 30.8 Å². The summed E-state index contributed by atoms with van der Waals surface area (Å²) in [7, 11) is -7.95. The van der Waals surface area contributed by atoms with Crippen LogP contribution in [0.5, 0.6) is 11.5 Å². The molecule has 2 fully saturated rings. The van der Waals surface area contributed by atoms with E-state index >= 15 is 0 Å². The number of nitro groups is 1. The zero-order valence-corrected chi connectivity index (χ0v) is 40.4. The Morgan fingerprint density at radius 1 is 1.03 bits per heavy atom. The number of sulfone groups is 1. The average molecular weight is 1010 g/mol. The molecule has 2 N–H and O–H groups in total. The SMILES string of the molecule is CC1(C)CCC(CN2CCN(c3ccc(C(=O)CS(=O)(=O)c4ccc(NC[C@@H]5CN(S(C)(=O)=O)CCO5)c([N+](=O)[O-])c4)c(Oc4cnc5[nH]ccc5c4)c3)CC2)=C(c2ccc(C(F)(F)F)cc2Cl)C1. The molecule has 0 radical (unpaired) electrons. The summed E-state index contributed by atoms with van der Waals surface area (Å²) in [6.07, 6.45) is 1.50. The Labute approximate surface area is 402 Å². The van der Waals surface area contributed by atoms with Gasteiger partial charge >= 0.3 is 6.18 Å². The highest BCUT2D eigenvalue weighted by atomic mass is 35.5. The van der Waals surface area contributed by atoms with Gasteiger partial charge in [-0.1, -0.05) is 37.1 Å². The van der Waals surface area contributed by atoms with Gasteiger partial charge < -0.3 is 24.7 Å². The second-order valence-electron chi connectivity index (χ2n) is 18.4. The number of H-pyrrole nitrogens is 1. The van der Waals surface area contributed by atoms with E-state index in [1.54, 1.807) is 30.5 Å². The number of fused-ring (bicyclic) bond motifs is 1. The largest absolute Gasteiger partial charge is 0.455 e. The first-order chi connectivity index (χ1) is 32.5. The van der Waals surface area contributed by atoms with E-state index in [2.05, 4.69) is 38.9 Å². The predicted octanol–water partition coefficient (Wildman–Crippen LogP) is 8.45. The number of nitrogens with zero attached hydrogens (tertiary/aromatic N) is 5. The second-order valence-corrected chi connectivity index (χ2v) is 22.7. The zero-order valence-electron chi connectivity index (χ0n) is 38.0. The molecule has 2 saturated heterocycles. The molecule has 1 atom stereocenters. The maximum atomic E-state index is 14.1. The van der Waals surface area contributed by atoms with Crippen molar-refractivity contribution in [1.82, 2.24) is 19.2 Å². The standard InChI is InChI=1S/C47H51ClF3N7O9S2/c1-46(2)12-10-31(39(24-46)37-7-4-32(21-40(37)48)47(49,50)51)27-55-14-16-56(17-15-55)33-5-8-38(44(22-33)67-34-20-30-11-13-52-45(30)54-25-34)43(59)29-69(64,65)36-6-9-41(42(23-36)58(60)61)53-26-35-28-57(18-19-66-35)68(3,62)63/h4-9,11,13,20-23,25,35,53H,10,12,14-19,24,26-29H2,1-3H3,(H,52,54)/t35-/m1/s1. The van der Waals surface area contributed by atoms with Gasteiger partial charge in [-0.25, -0.2) is 21.8 Å². The second kappa shape index (κ2) is 19.7. The number of nitrogens with one attached hydrogen (secondary N) is 2. The van der Waals surface area contributed by atoms with Gasteiger partial charge in [0.15, 0.2) is 15.6 Å². The number of Topliss-reactive ketones (excluding diaryl/α,β-unsaturated/α-hetero) is 1. The molecule has 2 aromatic heterocycles. The highest BCUT2D eigenvalue weighted by Crippen LogP contribution is 2.46. The molecule has 3 aromatic carbocycles. The molecule has 5 aromatic rings. The van der Waals surface area contributed by atoms with Crippen molar-refractivity contribution in [2.75, 3.05) is 81.2 Å². The number of anilines is 2. The summed E-state index contributed by atoms with van der Waals surface area (Å²) in [5, 5.41) is 15.9. The van der Waals surface area contributed by atoms with Gasteiger partial charge in [0.05, 0.1) is 46.1 Å². The number of carbonyl (C=O) groups is 1. The van der Waals surface area contributed by atoms with Crippen LogP contribution < -0.4 is 15.0 Å². The van der Waals surface area contributed by atoms with Gasteiger partial charge in [0.1, 0.15) is 28.6 Å². The fraction of sp³-hybridized carbons (Fsp3) is 0.404. The molecule has 3 aliphatic rings. The molecular weight excluding hydrogens is 963 g/mol. The topological polar surface area (TPSA) is 197 Å². The van der Waals surface area contributed by atoms with Crippen LogP contribution in [0.15, 0.2) is 89.6 Å². The summed E-state index contributed by atoms with van der Waals surface area (Å²) < 4.78 is 105. The molecule has 16 nitrogen and oxygen atoms in total. The average Bonchev–Trinajstić information content (AvgIpc) is 3.76. The van der Waals surface area contributed by atoms with Crippen molar-refractivity contribution in [3.05, 3.63) is 117 Å². The lowest BCUT2D eigenvalue weighted by molar-refractivity contribution is -0.384. The van der Waals surface area contributed by atoms with Crippen molar-refractivity contribution in [3.63, 3.8) is 0 Å². The number of ether oxygens (including phenoxy) is 2. The molecule has 2 aliphatic heterocycles. The van der Waals surface area contributed by atoms with E-state index in [0.29, 0.717) is 56.0 Å². The van der Waals surface area contributed by atoms with E-state index in [1.165, 1.54) is 28.7 Å². The number of benzene rings is 3. The van der Waals surface area contributed by atoms with Crippen molar-refractivity contribution < 1.29 is 49.2 Å². The normalized spacial score (nSPS) is 18.7. The molecule has 1 aliphatic carbocycles. The number of hydrogen-bond donors (Lipinski definition) is 2. The Kier molecular flexibility index (Phi) is 14.2. The molecule has 69 heavy (non-hydrogen) atoms. The minimum Gasteiger partial charge on any atom is -0.455 e. The summed E-state index contributed by atoms with van der Waals surface area (Å²) >= 11 is 6.53. The van der Waals surface area contributed by atoms with Crippen LogP contribution in [0.4, 0.5) is 30.2 Å². The number of nitro benzene ring substituents is 1. The number of aromatic nitrogens is 2. The highest BCUT2D eigenvalue weighted by Gasteiger charge is 2.35. The quantitative estimate of drug-likeness (QED) is 0.0576. The van der Waals surface area contributed by atoms with Crippen LogP contribution in [0.3, 0.4) is 0 Å². The Hall–Kier alpha value is -5.58. The number of carbonyl (C=O) groups excluding carboxylic acids is 1. The highest BCUT2D eigenvalue weighted by molar-refractivity contribution is 7.92. The van der Waals surface area contributed by atoms with Gasteiger partial charge in [-0.3, -0.25) is 19.8 Å². The molecule has 8 rings (SSSR count). The maximum absolute atomic E-state index is 14.1. The van der Waals surface area contributed by atoms with Gasteiger partial charge in [0.2, 0.25) is 10.0 Å². The van der Waals surface area contributed by atoms with E-state index in [-0.39, 0.29) is 59.4 Å². The summed E-state index contributed by atoms with van der Waals surface area (Å²) in [6.45, 7) is 7.67. The molecule has 4 heterocycles. The molecule has 0 saturated carbocycles. The number of rotatable bonds is 15. The molecule has 0 spiro atoms. The molecule has 0 amide bonds. The summed E-state index contributed by atoms with van der Waals surface area (Å²) in [4.78, 5) is 36.9. The van der Waals surface area contributed by atoms with E-state index < -0.39 is 64.7 Å². The van der Waals surface area contributed by atoms with Gasteiger partial charge in [-0.05, 0) is 84.3 Å². The third-order valence-electron chi connectivity index (χ3n) is 12.8. The van der Waals surface area contributed by atoms with Crippen molar-refractivity contribution in [2.24, 2.45) is 5.41 Å². The Morgan fingerprint density at radius 2 is 1.80 bits per heavy atom. The Morgan fingerprint density at radius 3 is 2.51 bits per heavy atom. The molecule has 368 valence electrons. The van der Waals surface area contributed by atoms with Crippen LogP contribution in [0.1, 0.15) is 54.6 Å². The van der Waals surface area contributed by atoms with Crippen LogP contribution in [-0.4, -0.2) is 124 Å². The Bertz CT molecular complexity index is 3050. The van der Waals surface area contributed by atoms with E-state index in [4.69, 9.17) is 21.1 Å². The molecule has 0 bridgehead atoms. The van der Waals surface area contributed by atoms with Crippen molar-refractivity contribution in [2.45, 2.75) is 50.3 Å². The first-order valence-electron chi connectivity index (χ1n) is 22.2. The third-order valence-corrected chi connectivity index (χ3v) is 16.0. The van der Waals surface area contributed by atoms with E-state index in [1.807, 2.05) is 0 Å². The zero-order chi connectivity index (χ0) is 49.5. The van der Waals surface area contributed by atoms with Crippen molar-refractivity contribution in [3.8, 4) is 11.5 Å². The minimum atomic E-state index is -4.51. The van der Waals surface area contributed by atoms with Gasteiger partial charge in [-0.15, -0.1) is 0 Å². The number of aromatic amines is 1. The predicted molar refractivity (Wildman–Crippen MR) is 256 cm³/mol. The fourth-order valence-electron chi connectivity index (χ4n) is 8.97. The van der Waals surface area contributed by atoms with Gasteiger partial charge in [0, 0.05) is 86.8 Å². The van der Waals surface area contributed by atoms with Crippen LogP contribution in [0.2, 0.25) is 5.02 Å². The van der Waals surface area contributed by atoms with E-state index in [0.717, 1.165) is 59.9 Å². The number of sulfonamides is 1. The summed E-state index contributed by atoms with van der Waals surface area (Å²) in [5.41, 5.74) is 2.57. The lowest BCUT2D eigenvalue weighted by atomic mass is 9.72. The maximum Gasteiger partial charge on any atom is 0.416 e. The monoisotopic (exact) mass is 1010 g/mol. The van der Waals surface area contributed by atoms with Gasteiger partial charge in [0.25, 0.3) is 5.69 Å². The number of piperazine rings is 1. The minimum absolute atomic E-state index is 0.000549. The third kappa shape index (κ3) is 11.7. The van der Waals surface area contributed by atoms with Crippen LogP contribution in [0, 0.1) is 15.5 Å². The van der Waals surface area contributed by atoms with Gasteiger partial charge in [-0.2, -0.15) is 17.5 Å².